The first kappa shape index (κ1) is 46.9. The molecule has 14 heteroatoms. The number of carbonyl (C=O) groups is 6. The van der Waals surface area contributed by atoms with E-state index in [1.54, 1.807) is 135 Å². The lowest BCUT2D eigenvalue weighted by Crippen LogP contribution is -2.46. The highest BCUT2D eigenvalue weighted by molar-refractivity contribution is 6.28. The minimum Gasteiger partial charge on any atom is -0.459 e. The van der Waals surface area contributed by atoms with Crippen molar-refractivity contribution < 1.29 is 57.2 Å². The Hall–Kier alpha value is -6.18. The van der Waals surface area contributed by atoms with Crippen molar-refractivity contribution in [2.45, 2.75) is 133 Å². The maximum Gasteiger partial charge on any atom is 0.341 e. The first-order valence-corrected chi connectivity index (χ1v) is 20.4. The van der Waals surface area contributed by atoms with Crippen molar-refractivity contribution >= 4 is 46.8 Å². The minimum absolute atomic E-state index is 0.401. The van der Waals surface area contributed by atoms with E-state index >= 15 is 9.59 Å². The van der Waals surface area contributed by atoms with Gasteiger partial charge in [0.15, 0.2) is 11.5 Å². The molecule has 0 spiro atoms. The average molecular weight is 855 g/mol. The third-order valence-corrected chi connectivity index (χ3v) is 9.41. The van der Waals surface area contributed by atoms with Crippen LogP contribution in [-0.4, -0.2) is 57.8 Å². The summed E-state index contributed by atoms with van der Waals surface area (Å²) in [5.41, 5.74) is -2.89. The van der Waals surface area contributed by atoms with E-state index < -0.39 is 115 Å². The van der Waals surface area contributed by atoms with Gasteiger partial charge in [0, 0.05) is 11.4 Å². The zero-order chi connectivity index (χ0) is 46.6. The quantitative estimate of drug-likeness (QED) is 0.147. The van der Waals surface area contributed by atoms with Crippen molar-refractivity contribution in [3.8, 4) is 0 Å². The van der Waals surface area contributed by atoms with E-state index in [9.17, 15) is 19.2 Å². The number of carbonyl (C=O) groups excluding carboxylic acids is 6. The van der Waals surface area contributed by atoms with Gasteiger partial charge in [-0.25, -0.2) is 9.59 Å². The van der Waals surface area contributed by atoms with Gasteiger partial charge < -0.3 is 39.1 Å². The van der Waals surface area contributed by atoms with Crippen LogP contribution in [0.4, 0.5) is 11.4 Å². The molecule has 0 aromatic heterocycles. The zero-order valence-corrected chi connectivity index (χ0v) is 38.5. The summed E-state index contributed by atoms with van der Waals surface area (Å²) in [6.07, 6.45) is 0. The topological polar surface area (TPSA) is 182 Å². The molecule has 2 N–H and O–H groups in total. The third-order valence-electron chi connectivity index (χ3n) is 9.41. The molecular formula is C48H58N2O12. The Morgan fingerprint density at radius 2 is 0.758 bits per heavy atom. The molecule has 2 atom stereocenters. The maximum absolute atomic E-state index is 15.3. The summed E-state index contributed by atoms with van der Waals surface area (Å²) in [6, 6.07) is 10.8. The highest BCUT2D eigenvalue weighted by atomic mass is 16.6. The molecule has 3 aliphatic rings. The van der Waals surface area contributed by atoms with Crippen molar-refractivity contribution in [1.29, 1.82) is 0 Å². The van der Waals surface area contributed by atoms with Gasteiger partial charge in [0.1, 0.15) is 45.4 Å². The predicted molar refractivity (Wildman–Crippen MR) is 230 cm³/mol. The molecule has 0 amide bonds. The fraction of sp³-hybridized carbons (Fsp3) is 0.458. The monoisotopic (exact) mass is 854 g/mol. The molecule has 2 aromatic rings. The number of allylic oxidation sites excluding steroid dienone is 2. The molecule has 5 rings (SSSR count). The number of rotatable bonds is 8. The summed E-state index contributed by atoms with van der Waals surface area (Å²) in [4.78, 5) is 88.8. The summed E-state index contributed by atoms with van der Waals surface area (Å²) < 4.78 is 36.0. The summed E-state index contributed by atoms with van der Waals surface area (Å²) in [5, 5.41) is 6.21. The number of benzene rings is 2. The van der Waals surface area contributed by atoms with E-state index in [1.807, 2.05) is 12.1 Å². The molecule has 2 unspecified atom stereocenters. The van der Waals surface area contributed by atoms with E-state index in [4.69, 9.17) is 28.4 Å². The molecular weight excluding hydrogens is 797 g/mol. The van der Waals surface area contributed by atoms with Crippen LogP contribution >= 0.6 is 0 Å². The maximum atomic E-state index is 15.3. The van der Waals surface area contributed by atoms with Crippen LogP contribution in [-0.2, 0) is 57.2 Å². The van der Waals surface area contributed by atoms with Gasteiger partial charge in [0.05, 0.1) is 11.1 Å². The summed E-state index contributed by atoms with van der Waals surface area (Å²) in [7, 11) is 0. The molecule has 14 nitrogen and oxygen atoms in total. The second-order valence-electron chi connectivity index (χ2n) is 19.6. The Morgan fingerprint density at radius 1 is 0.484 bits per heavy atom. The first-order valence-electron chi connectivity index (χ1n) is 20.4. The number of ketones is 2. The number of Topliss-reactive ketones (excluding diaryl/α,β-unsaturated/α-hetero) is 2. The van der Waals surface area contributed by atoms with Crippen molar-refractivity contribution in [2.24, 2.45) is 11.8 Å². The van der Waals surface area contributed by atoms with Crippen molar-refractivity contribution in [1.82, 2.24) is 0 Å². The van der Waals surface area contributed by atoms with Gasteiger partial charge in [0.25, 0.3) is 0 Å². The number of ether oxygens (including phenoxy) is 6. The second-order valence-corrected chi connectivity index (χ2v) is 19.6. The van der Waals surface area contributed by atoms with Crippen LogP contribution in [0, 0.1) is 39.5 Å². The number of nitrogens with one attached hydrogen (secondary N) is 2. The molecule has 2 heterocycles. The van der Waals surface area contributed by atoms with Crippen LogP contribution in [0.15, 0.2) is 82.0 Å². The van der Waals surface area contributed by atoms with E-state index in [1.165, 1.54) is 0 Å². The predicted octanol–water partition coefficient (Wildman–Crippen LogP) is 8.19. The Morgan fingerprint density at radius 3 is 1.02 bits per heavy atom. The number of hydrogen-bond donors (Lipinski definition) is 2. The number of hydrogen-bond acceptors (Lipinski definition) is 14. The SMILES string of the molecule is Cc1cccc(C)c1NC1=C(C(=O)OC(C)(C)C)C(C(=O)OC(C)(C)C)C2=C(O1)C(=O)C1=C(OC(Nc3c(C)cccc3C)=C(C(=O)OC(C)(C)C)C1C(=O)OC(C)(C)C)C2=O. The highest BCUT2D eigenvalue weighted by Gasteiger charge is 2.57. The Balaban J connectivity index is 1.83. The van der Waals surface area contributed by atoms with Gasteiger partial charge in [-0.2, -0.15) is 0 Å². The summed E-state index contributed by atoms with van der Waals surface area (Å²) in [5.74, 6) is -12.6. The van der Waals surface area contributed by atoms with Gasteiger partial charge in [-0.15, -0.1) is 0 Å². The van der Waals surface area contributed by atoms with Gasteiger partial charge in [-0.05, 0) is 133 Å². The molecule has 0 fully saturated rings. The summed E-state index contributed by atoms with van der Waals surface area (Å²) in [6.45, 7) is 26.6. The highest BCUT2D eigenvalue weighted by Crippen LogP contribution is 2.48. The Bertz CT molecular complexity index is 2190. The van der Waals surface area contributed by atoms with Crippen LogP contribution in [0.2, 0.25) is 0 Å². The molecule has 2 aliphatic heterocycles. The van der Waals surface area contributed by atoms with Crippen molar-refractivity contribution in [3.63, 3.8) is 0 Å². The molecule has 0 saturated heterocycles. The smallest absolute Gasteiger partial charge is 0.341 e. The number of aryl methyl sites for hydroxylation is 4. The lowest BCUT2D eigenvalue weighted by molar-refractivity contribution is -0.163. The average Bonchev–Trinajstić information content (AvgIpc) is 3.09. The molecule has 332 valence electrons. The zero-order valence-electron chi connectivity index (χ0n) is 38.5. The Labute approximate surface area is 363 Å². The van der Waals surface area contributed by atoms with Crippen LogP contribution in [0.3, 0.4) is 0 Å². The van der Waals surface area contributed by atoms with Crippen molar-refractivity contribution in [2.75, 3.05) is 10.6 Å². The van der Waals surface area contributed by atoms with Crippen LogP contribution in [0.1, 0.15) is 105 Å². The summed E-state index contributed by atoms with van der Waals surface area (Å²) >= 11 is 0. The van der Waals surface area contributed by atoms with Crippen LogP contribution in [0.25, 0.3) is 0 Å². The fourth-order valence-corrected chi connectivity index (χ4v) is 7.00. The third kappa shape index (κ3) is 10.1. The van der Waals surface area contributed by atoms with Gasteiger partial charge in [-0.3, -0.25) is 19.2 Å². The molecule has 0 radical (unpaired) electrons. The molecule has 62 heavy (non-hydrogen) atoms. The fourth-order valence-electron chi connectivity index (χ4n) is 7.00. The van der Waals surface area contributed by atoms with Crippen LogP contribution < -0.4 is 10.6 Å². The van der Waals surface area contributed by atoms with E-state index in [2.05, 4.69) is 10.6 Å². The first-order chi connectivity index (χ1) is 28.4. The molecule has 0 saturated carbocycles. The van der Waals surface area contributed by atoms with E-state index in [-0.39, 0.29) is 0 Å². The standard InChI is InChI=1S/C48H58N2O12/c1-23-19-17-20-24(2)33(23)49-39-31(43(55)61-47(11,12)13)27(41(53)59-45(5,6)7)29-36(52)38-30(35(51)37(29)57-39)28(42(54)60-46(8,9)10)32(44(56)62-48(14,15)16)40(58-38)50-34-25(3)21-18-22-26(34)4/h17-22,27-28,49-50H,1-16H3. The van der Waals surface area contributed by atoms with Crippen LogP contribution in [0.5, 0.6) is 0 Å². The van der Waals surface area contributed by atoms with E-state index in [0.717, 1.165) is 0 Å². The van der Waals surface area contributed by atoms with Gasteiger partial charge in [0.2, 0.25) is 23.3 Å². The number of esters is 4. The Kier molecular flexibility index (Phi) is 12.5. The van der Waals surface area contributed by atoms with Gasteiger partial charge >= 0.3 is 23.9 Å². The molecule has 1 aliphatic carbocycles. The largest absolute Gasteiger partial charge is 0.459 e. The van der Waals surface area contributed by atoms with Crippen molar-refractivity contribution in [3.05, 3.63) is 104 Å². The van der Waals surface area contributed by atoms with Gasteiger partial charge in [-0.1, -0.05) is 36.4 Å². The number of para-hydroxylation sites is 2. The second kappa shape index (κ2) is 16.6. The molecule has 0 bridgehead atoms. The lowest BCUT2D eigenvalue weighted by atomic mass is 9.75. The normalized spacial score (nSPS) is 18.3. The minimum atomic E-state index is -1.93. The number of anilines is 2. The molecule has 2 aromatic carbocycles. The lowest BCUT2D eigenvalue weighted by Gasteiger charge is -2.38. The van der Waals surface area contributed by atoms with E-state index in [0.29, 0.717) is 33.6 Å².